The third-order valence-electron chi connectivity index (χ3n) is 2.94. The first-order valence-electron chi connectivity index (χ1n) is 8.09. The van der Waals surface area contributed by atoms with Gasteiger partial charge >= 0.3 is 0 Å². The predicted molar refractivity (Wildman–Crippen MR) is 105 cm³/mol. The van der Waals surface area contributed by atoms with Gasteiger partial charge in [-0.2, -0.15) is 0 Å². The zero-order valence-electron chi connectivity index (χ0n) is 14.5. The van der Waals surface area contributed by atoms with E-state index in [1.165, 1.54) is 21.6 Å². The highest BCUT2D eigenvalue weighted by atomic mass is 32.2. The summed E-state index contributed by atoms with van der Waals surface area (Å²) in [5, 5.41) is 0. The molecule has 0 amide bonds. The largest absolute Gasteiger partial charge is 0.488 e. The fraction of sp³-hybridized carbons (Fsp3) is 0.182. The van der Waals surface area contributed by atoms with Crippen LogP contribution in [-0.2, 0) is 11.8 Å². The SMILES string of the molecule is CC(C)(C)Oc1ccccc1.c1ccc([SH+]c2ccccc2)cc1. The van der Waals surface area contributed by atoms with Crippen LogP contribution in [-0.4, -0.2) is 5.60 Å². The minimum Gasteiger partial charge on any atom is -0.488 e. The van der Waals surface area contributed by atoms with E-state index in [0.717, 1.165) is 5.75 Å². The molecule has 0 heterocycles. The summed E-state index contributed by atoms with van der Waals surface area (Å²) < 4.78 is 5.60. The van der Waals surface area contributed by atoms with Crippen molar-refractivity contribution in [2.24, 2.45) is 0 Å². The van der Waals surface area contributed by atoms with Crippen LogP contribution in [0.5, 0.6) is 5.75 Å². The van der Waals surface area contributed by atoms with Gasteiger partial charge in [-0.25, -0.2) is 0 Å². The summed E-state index contributed by atoms with van der Waals surface area (Å²) in [6, 6.07) is 30.8. The number of hydrogen-bond acceptors (Lipinski definition) is 1. The van der Waals surface area contributed by atoms with Gasteiger partial charge in [0.15, 0.2) is 9.79 Å². The zero-order valence-corrected chi connectivity index (χ0v) is 15.4. The van der Waals surface area contributed by atoms with Gasteiger partial charge in [-0.05, 0) is 57.2 Å². The summed E-state index contributed by atoms with van der Waals surface area (Å²) >= 11 is 1.28. The van der Waals surface area contributed by atoms with E-state index in [9.17, 15) is 0 Å². The van der Waals surface area contributed by atoms with Crippen molar-refractivity contribution in [3.63, 3.8) is 0 Å². The highest BCUT2D eigenvalue weighted by molar-refractivity contribution is 7.78. The Balaban J connectivity index is 0.000000177. The van der Waals surface area contributed by atoms with Crippen LogP contribution in [0.15, 0.2) is 101 Å². The van der Waals surface area contributed by atoms with E-state index < -0.39 is 0 Å². The normalized spacial score (nSPS) is 10.5. The van der Waals surface area contributed by atoms with Gasteiger partial charge in [0.2, 0.25) is 0 Å². The Kier molecular flexibility index (Phi) is 6.95. The van der Waals surface area contributed by atoms with E-state index in [4.69, 9.17) is 4.74 Å². The Hall–Kier alpha value is -2.19. The number of rotatable bonds is 3. The van der Waals surface area contributed by atoms with Crippen LogP contribution in [0.2, 0.25) is 0 Å². The fourth-order valence-corrected chi connectivity index (χ4v) is 2.94. The summed E-state index contributed by atoms with van der Waals surface area (Å²) in [7, 11) is 0. The number of para-hydroxylation sites is 1. The smallest absolute Gasteiger partial charge is 0.158 e. The van der Waals surface area contributed by atoms with Crippen LogP contribution in [0.3, 0.4) is 0 Å². The van der Waals surface area contributed by atoms with Gasteiger partial charge in [-0.3, -0.25) is 0 Å². The van der Waals surface area contributed by atoms with Gasteiger partial charge in [-0.15, -0.1) is 0 Å². The molecule has 0 bridgehead atoms. The quantitative estimate of drug-likeness (QED) is 0.434. The van der Waals surface area contributed by atoms with Crippen molar-refractivity contribution >= 4 is 11.8 Å². The molecule has 0 aliphatic heterocycles. The molecule has 0 saturated heterocycles. The molecule has 124 valence electrons. The second-order valence-electron chi connectivity index (χ2n) is 6.31. The molecule has 0 spiro atoms. The molecule has 0 unspecified atom stereocenters. The van der Waals surface area contributed by atoms with Crippen molar-refractivity contribution < 1.29 is 4.74 Å². The van der Waals surface area contributed by atoms with Crippen LogP contribution >= 0.6 is 0 Å². The molecule has 3 aromatic rings. The van der Waals surface area contributed by atoms with Gasteiger partial charge in [0.25, 0.3) is 0 Å². The Bertz CT molecular complexity index is 651. The number of hydrogen-bond donors (Lipinski definition) is 0. The third-order valence-corrected chi connectivity index (χ3v) is 4.05. The van der Waals surface area contributed by atoms with E-state index in [-0.39, 0.29) is 5.60 Å². The summed E-state index contributed by atoms with van der Waals surface area (Å²) in [6.07, 6.45) is 0. The van der Waals surface area contributed by atoms with E-state index in [0.29, 0.717) is 0 Å². The van der Waals surface area contributed by atoms with Crippen molar-refractivity contribution in [2.45, 2.75) is 36.2 Å². The lowest BCUT2D eigenvalue weighted by molar-refractivity contribution is 0.131. The van der Waals surface area contributed by atoms with Crippen LogP contribution < -0.4 is 4.74 Å². The van der Waals surface area contributed by atoms with Gasteiger partial charge < -0.3 is 4.74 Å². The highest BCUT2D eigenvalue weighted by Gasteiger charge is 2.10. The zero-order chi connectivity index (χ0) is 17.3. The monoisotopic (exact) mass is 337 g/mol. The van der Waals surface area contributed by atoms with Crippen LogP contribution in [0.25, 0.3) is 0 Å². The minimum atomic E-state index is -0.0959. The third kappa shape index (κ3) is 7.38. The fourth-order valence-electron chi connectivity index (χ4n) is 2.00. The first-order chi connectivity index (χ1) is 11.5. The molecule has 0 aromatic heterocycles. The average Bonchev–Trinajstić information content (AvgIpc) is 2.57. The summed E-state index contributed by atoms with van der Waals surface area (Å²) in [4.78, 5) is 2.68. The molecule has 3 rings (SSSR count). The minimum absolute atomic E-state index is 0.0959. The van der Waals surface area contributed by atoms with Crippen molar-refractivity contribution in [2.75, 3.05) is 0 Å². The molecule has 0 aliphatic carbocycles. The molecule has 0 radical (unpaired) electrons. The average molecular weight is 338 g/mol. The molecule has 0 saturated carbocycles. The topological polar surface area (TPSA) is 9.23 Å². The maximum Gasteiger partial charge on any atom is 0.158 e. The molecular weight excluding hydrogens is 312 g/mol. The van der Waals surface area contributed by atoms with Gasteiger partial charge in [0.1, 0.15) is 11.4 Å². The Morgan fingerprint density at radius 1 is 0.583 bits per heavy atom. The van der Waals surface area contributed by atoms with Crippen LogP contribution in [0.4, 0.5) is 0 Å². The molecule has 3 aromatic carbocycles. The molecule has 0 atom stereocenters. The first kappa shape index (κ1) is 18.2. The lowest BCUT2D eigenvalue weighted by Gasteiger charge is -2.20. The number of thiol groups is 1. The van der Waals surface area contributed by atoms with Crippen molar-refractivity contribution in [3.8, 4) is 5.75 Å². The molecular formula is C22H25OS+. The highest BCUT2D eigenvalue weighted by Crippen LogP contribution is 2.16. The van der Waals surface area contributed by atoms with E-state index in [2.05, 4.69) is 48.5 Å². The lowest BCUT2D eigenvalue weighted by Crippen LogP contribution is -2.22. The lowest BCUT2D eigenvalue weighted by atomic mass is 10.2. The van der Waals surface area contributed by atoms with E-state index in [1.807, 2.05) is 63.2 Å². The van der Waals surface area contributed by atoms with Crippen LogP contribution in [0.1, 0.15) is 20.8 Å². The maximum atomic E-state index is 5.60. The maximum absolute atomic E-state index is 5.60. The molecule has 0 fully saturated rings. The van der Waals surface area contributed by atoms with Crippen molar-refractivity contribution in [1.29, 1.82) is 0 Å². The second kappa shape index (κ2) is 9.19. The molecule has 1 nitrogen and oxygen atoms in total. The summed E-state index contributed by atoms with van der Waals surface area (Å²) in [5.74, 6) is 0.931. The first-order valence-corrected chi connectivity index (χ1v) is 8.98. The van der Waals surface area contributed by atoms with E-state index >= 15 is 0 Å². The molecule has 0 N–H and O–H groups in total. The van der Waals surface area contributed by atoms with Crippen molar-refractivity contribution in [3.05, 3.63) is 91.0 Å². The van der Waals surface area contributed by atoms with Gasteiger partial charge in [0, 0.05) is 11.8 Å². The summed E-state index contributed by atoms with van der Waals surface area (Å²) in [5.41, 5.74) is -0.0959. The number of benzene rings is 3. The van der Waals surface area contributed by atoms with Gasteiger partial charge in [0.05, 0.1) is 0 Å². The van der Waals surface area contributed by atoms with Crippen LogP contribution in [0, 0.1) is 0 Å². The van der Waals surface area contributed by atoms with Gasteiger partial charge in [-0.1, -0.05) is 54.6 Å². The van der Waals surface area contributed by atoms with E-state index in [1.54, 1.807) is 0 Å². The Morgan fingerprint density at radius 3 is 1.33 bits per heavy atom. The summed E-state index contributed by atoms with van der Waals surface area (Å²) in [6.45, 7) is 6.12. The molecule has 2 heteroatoms. The predicted octanol–water partition coefficient (Wildman–Crippen LogP) is 5.78. The standard InChI is InChI=1S/C12H10S.C10H14O/c1-3-7-11(8-4-1)13-12-9-5-2-6-10-12;1-10(2,3)11-9-7-5-4-6-8-9/h1-10H;4-8H,1-3H3/p+1. The Morgan fingerprint density at radius 2 is 0.958 bits per heavy atom. The Labute approximate surface area is 149 Å². The number of ether oxygens (including phenoxy) is 1. The molecule has 24 heavy (non-hydrogen) atoms. The molecule has 0 aliphatic rings. The second-order valence-corrected chi connectivity index (χ2v) is 7.57. The van der Waals surface area contributed by atoms with Crippen molar-refractivity contribution in [1.82, 2.24) is 0 Å².